The molecule has 0 fully saturated rings. The molecule has 180 valence electrons. The molecule has 9 heteroatoms. The molecule has 0 spiro atoms. The fourth-order valence-electron chi connectivity index (χ4n) is 3.87. The third-order valence-corrected chi connectivity index (χ3v) is 5.83. The molecule has 0 saturated carbocycles. The molecule has 0 aromatic heterocycles. The van der Waals surface area contributed by atoms with Gasteiger partial charge in [0.1, 0.15) is 6.04 Å². The first-order valence-electron chi connectivity index (χ1n) is 11.3. The van der Waals surface area contributed by atoms with Crippen LogP contribution in [0.15, 0.2) is 48.5 Å². The minimum absolute atomic E-state index is 0.0202. The molecule has 0 bridgehead atoms. The van der Waals surface area contributed by atoms with Crippen molar-refractivity contribution in [2.45, 2.75) is 38.8 Å². The highest BCUT2D eigenvalue weighted by atomic mass is 16.4. The number of hydrogen-bond donors (Lipinski definition) is 4. The van der Waals surface area contributed by atoms with Crippen LogP contribution >= 0.6 is 0 Å². The van der Waals surface area contributed by atoms with Gasteiger partial charge in [-0.1, -0.05) is 37.3 Å². The number of rotatable bonds is 12. The molecule has 3 rings (SSSR count). The van der Waals surface area contributed by atoms with Crippen molar-refractivity contribution in [3.8, 4) is 0 Å². The van der Waals surface area contributed by atoms with Gasteiger partial charge in [-0.05, 0) is 49.1 Å². The molecular formula is C25H30N4O5. The van der Waals surface area contributed by atoms with Crippen molar-refractivity contribution in [1.82, 2.24) is 15.5 Å². The smallest absolute Gasteiger partial charge is 0.320 e. The first-order chi connectivity index (χ1) is 16.3. The number of hydrogen-bond acceptors (Lipinski definition) is 6. The SMILES string of the molecule is C[C@@H](CCN[C@H](CCN1C(=O)c2ccc(N)cc2C1=O)C(=O)O)CC(=O)NCc1ccccc1. The molecular weight excluding hydrogens is 436 g/mol. The number of amides is 3. The van der Waals surface area contributed by atoms with Crippen LogP contribution in [0.25, 0.3) is 0 Å². The Morgan fingerprint density at radius 3 is 2.44 bits per heavy atom. The second-order valence-corrected chi connectivity index (χ2v) is 8.56. The summed E-state index contributed by atoms with van der Waals surface area (Å²) in [6, 6.07) is 13.2. The summed E-state index contributed by atoms with van der Waals surface area (Å²) in [7, 11) is 0. The van der Waals surface area contributed by atoms with E-state index in [1.807, 2.05) is 37.3 Å². The molecule has 0 radical (unpaired) electrons. The zero-order valence-corrected chi connectivity index (χ0v) is 19.1. The monoisotopic (exact) mass is 466 g/mol. The van der Waals surface area contributed by atoms with Gasteiger partial charge in [-0.25, -0.2) is 0 Å². The number of benzene rings is 2. The largest absolute Gasteiger partial charge is 0.480 e. The number of fused-ring (bicyclic) bond motifs is 1. The van der Waals surface area contributed by atoms with Crippen molar-refractivity contribution in [2.75, 3.05) is 18.8 Å². The zero-order chi connectivity index (χ0) is 24.7. The van der Waals surface area contributed by atoms with E-state index in [1.165, 1.54) is 12.1 Å². The van der Waals surface area contributed by atoms with Crippen LogP contribution in [0.5, 0.6) is 0 Å². The molecule has 1 heterocycles. The van der Waals surface area contributed by atoms with Gasteiger partial charge in [0, 0.05) is 25.2 Å². The minimum atomic E-state index is -1.06. The number of nitrogens with two attached hydrogens (primary N) is 1. The van der Waals surface area contributed by atoms with Crippen LogP contribution in [0.3, 0.4) is 0 Å². The number of nitrogens with zero attached hydrogens (tertiary/aromatic N) is 1. The number of nitrogen functional groups attached to an aromatic ring is 1. The molecule has 9 nitrogen and oxygen atoms in total. The standard InChI is InChI=1S/C25H30N4O5/c1-16(13-22(30)28-15-17-5-3-2-4-6-17)9-11-27-21(25(33)34)10-12-29-23(31)19-8-7-18(26)14-20(19)24(29)32/h2-8,14,16,21,27H,9-13,15,26H2,1H3,(H,28,30)(H,33,34)/t16-,21+/m0/s1. The first-order valence-corrected chi connectivity index (χ1v) is 11.3. The van der Waals surface area contributed by atoms with Gasteiger partial charge >= 0.3 is 5.97 Å². The van der Waals surface area contributed by atoms with Crippen LogP contribution in [-0.4, -0.2) is 52.8 Å². The number of imide groups is 1. The zero-order valence-electron chi connectivity index (χ0n) is 19.1. The molecule has 1 aliphatic heterocycles. The summed E-state index contributed by atoms with van der Waals surface area (Å²) in [5.74, 6) is -1.98. The molecule has 0 saturated heterocycles. The average Bonchev–Trinajstić information content (AvgIpc) is 3.04. The lowest BCUT2D eigenvalue weighted by molar-refractivity contribution is -0.139. The lowest BCUT2D eigenvalue weighted by Gasteiger charge is -2.19. The van der Waals surface area contributed by atoms with E-state index >= 15 is 0 Å². The fraction of sp³-hybridized carbons (Fsp3) is 0.360. The van der Waals surface area contributed by atoms with Crippen LogP contribution in [0.1, 0.15) is 52.5 Å². The fourth-order valence-corrected chi connectivity index (χ4v) is 3.87. The van der Waals surface area contributed by atoms with E-state index in [1.54, 1.807) is 6.07 Å². The Hall–Kier alpha value is -3.72. The van der Waals surface area contributed by atoms with Gasteiger partial charge in [0.2, 0.25) is 5.91 Å². The van der Waals surface area contributed by atoms with Gasteiger partial charge in [-0.3, -0.25) is 24.1 Å². The number of carbonyl (C=O) groups is 4. The summed E-state index contributed by atoms with van der Waals surface area (Å²) >= 11 is 0. The molecule has 2 aromatic carbocycles. The second kappa shape index (κ2) is 11.4. The molecule has 3 amide bonds. The first kappa shape index (κ1) is 24.9. The van der Waals surface area contributed by atoms with Crippen molar-refractivity contribution < 1.29 is 24.3 Å². The van der Waals surface area contributed by atoms with Crippen molar-refractivity contribution in [2.24, 2.45) is 5.92 Å². The highest BCUT2D eigenvalue weighted by molar-refractivity contribution is 6.21. The van der Waals surface area contributed by atoms with Crippen molar-refractivity contribution in [3.63, 3.8) is 0 Å². The third-order valence-electron chi connectivity index (χ3n) is 5.83. The van der Waals surface area contributed by atoms with E-state index in [0.29, 0.717) is 31.6 Å². The van der Waals surface area contributed by atoms with E-state index in [4.69, 9.17) is 5.73 Å². The number of aliphatic carboxylic acids is 1. The van der Waals surface area contributed by atoms with Crippen LogP contribution < -0.4 is 16.4 Å². The number of carboxylic acid groups (broad SMARTS) is 1. The Labute approximate surface area is 198 Å². The summed E-state index contributed by atoms with van der Waals surface area (Å²) in [6.45, 7) is 2.77. The van der Waals surface area contributed by atoms with E-state index in [0.717, 1.165) is 10.5 Å². The average molecular weight is 467 g/mol. The van der Waals surface area contributed by atoms with Gasteiger partial charge in [0.25, 0.3) is 11.8 Å². The van der Waals surface area contributed by atoms with Gasteiger partial charge in [-0.2, -0.15) is 0 Å². The van der Waals surface area contributed by atoms with Crippen LogP contribution in [0, 0.1) is 5.92 Å². The van der Waals surface area contributed by atoms with Crippen LogP contribution in [0.4, 0.5) is 5.69 Å². The normalized spacial score (nSPS) is 14.6. The molecule has 1 aliphatic rings. The maximum Gasteiger partial charge on any atom is 0.320 e. The maximum atomic E-state index is 12.5. The predicted octanol–water partition coefficient (Wildman–Crippen LogP) is 2.03. The molecule has 0 aliphatic carbocycles. The molecule has 2 atom stereocenters. The Bertz CT molecular complexity index is 1060. The number of nitrogens with one attached hydrogen (secondary N) is 2. The highest BCUT2D eigenvalue weighted by Gasteiger charge is 2.36. The number of carbonyl (C=O) groups excluding carboxylic acids is 3. The summed E-state index contributed by atoms with van der Waals surface area (Å²) < 4.78 is 0. The van der Waals surface area contributed by atoms with Crippen molar-refractivity contribution in [1.29, 1.82) is 0 Å². The van der Waals surface area contributed by atoms with Gasteiger partial charge in [0.05, 0.1) is 11.1 Å². The van der Waals surface area contributed by atoms with Crippen molar-refractivity contribution >= 4 is 29.4 Å². The second-order valence-electron chi connectivity index (χ2n) is 8.56. The van der Waals surface area contributed by atoms with E-state index in [2.05, 4.69) is 10.6 Å². The van der Waals surface area contributed by atoms with E-state index in [9.17, 15) is 24.3 Å². The Morgan fingerprint density at radius 1 is 1.03 bits per heavy atom. The number of carboxylic acids is 1. The van der Waals surface area contributed by atoms with E-state index in [-0.39, 0.29) is 35.9 Å². The van der Waals surface area contributed by atoms with Gasteiger partial charge < -0.3 is 21.5 Å². The van der Waals surface area contributed by atoms with Gasteiger partial charge in [0.15, 0.2) is 0 Å². The summed E-state index contributed by atoms with van der Waals surface area (Å²) in [6.07, 6.45) is 1.02. The highest BCUT2D eigenvalue weighted by Crippen LogP contribution is 2.25. The molecule has 0 unspecified atom stereocenters. The molecule has 34 heavy (non-hydrogen) atoms. The Balaban J connectivity index is 1.41. The third kappa shape index (κ3) is 6.41. The van der Waals surface area contributed by atoms with E-state index < -0.39 is 23.8 Å². The lowest BCUT2D eigenvalue weighted by atomic mass is 10.0. The summed E-state index contributed by atoms with van der Waals surface area (Å²) in [5.41, 5.74) is 7.63. The quantitative estimate of drug-likeness (QED) is 0.277. The van der Waals surface area contributed by atoms with Crippen LogP contribution in [-0.2, 0) is 16.1 Å². The maximum absolute atomic E-state index is 12.5. The number of anilines is 1. The molecule has 2 aromatic rings. The van der Waals surface area contributed by atoms with Crippen LogP contribution in [0.2, 0.25) is 0 Å². The van der Waals surface area contributed by atoms with Crippen molar-refractivity contribution in [3.05, 3.63) is 65.2 Å². The minimum Gasteiger partial charge on any atom is -0.480 e. The summed E-state index contributed by atoms with van der Waals surface area (Å²) in [4.78, 5) is 49.9. The Morgan fingerprint density at radius 2 is 1.74 bits per heavy atom. The lowest BCUT2D eigenvalue weighted by Crippen LogP contribution is -2.42. The summed E-state index contributed by atoms with van der Waals surface area (Å²) in [5, 5.41) is 15.4. The molecule has 5 N–H and O–H groups in total. The predicted molar refractivity (Wildman–Crippen MR) is 127 cm³/mol. The Kier molecular flexibility index (Phi) is 8.37. The van der Waals surface area contributed by atoms with Gasteiger partial charge in [-0.15, -0.1) is 0 Å². The topological polar surface area (TPSA) is 142 Å².